The van der Waals surface area contributed by atoms with Gasteiger partial charge in [0.1, 0.15) is 11.5 Å². The van der Waals surface area contributed by atoms with E-state index in [4.69, 9.17) is 15.1 Å². The second kappa shape index (κ2) is 6.04. The van der Waals surface area contributed by atoms with E-state index in [1.54, 1.807) is 0 Å². The molecule has 25 heavy (non-hydrogen) atoms. The largest absolute Gasteiger partial charge is 0.378 e. The SMILES string of the molecule is N=Cc1c2c(c(N3CCOCC3)n3c1nc1ccccc13)CSCC2. The number of rotatable bonds is 2. The van der Waals surface area contributed by atoms with Gasteiger partial charge in [0.25, 0.3) is 0 Å². The number of hydrogen-bond donors (Lipinski definition) is 1. The molecule has 0 aliphatic carbocycles. The minimum absolute atomic E-state index is 0.766. The molecule has 2 aliphatic rings. The van der Waals surface area contributed by atoms with E-state index < -0.39 is 0 Å². The number of nitrogens with one attached hydrogen (secondary N) is 1. The van der Waals surface area contributed by atoms with Crippen LogP contribution in [0.25, 0.3) is 16.7 Å². The second-order valence-electron chi connectivity index (χ2n) is 6.50. The average molecular weight is 352 g/mol. The molecular formula is C19H20N4OS. The van der Waals surface area contributed by atoms with Gasteiger partial charge in [0.15, 0.2) is 0 Å². The van der Waals surface area contributed by atoms with Crippen LogP contribution in [0.2, 0.25) is 0 Å². The Morgan fingerprint density at radius 3 is 2.84 bits per heavy atom. The Hall–Kier alpha value is -2.05. The fraction of sp³-hybridized carbons (Fsp3) is 0.368. The number of para-hydroxylation sites is 2. The van der Waals surface area contributed by atoms with E-state index >= 15 is 0 Å². The van der Waals surface area contributed by atoms with Gasteiger partial charge in [-0.3, -0.25) is 4.40 Å². The van der Waals surface area contributed by atoms with Crippen LogP contribution in [0.1, 0.15) is 16.7 Å². The van der Waals surface area contributed by atoms with Crippen molar-refractivity contribution in [3.63, 3.8) is 0 Å². The molecule has 0 unspecified atom stereocenters. The Labute approximate surface area is 150 Å². The Balaban J connectivity index is 1.92. The summed E-state index contributed by atoms with van der Waals surface area (Å²) in [4.78, 5) is 7.34. The average Bonchev–Trinajstić information content (AvgIpc) is 3.05. The summed E-state index contributed by atoms with van der Waals surface area (Å²) in [7, 11) is 0. The van der Waals surface area contributed by atoms with E-state index in [0.717, 1.165) is 66.5 Å². The summed E-state index contributed by atoms with van der Waals surface area (Å²) in [6, 6.07) is 8.29. The molecule has 0 atom stereocenters. The van der Waals surface area contributed by atoms with E-state index in [2.05, 4.69) is 27.5 Å². The minimum atomic E-state index is 0.766. The zero-order valence-corrected chi connectivity index (χ0v) is 14.8. The van der Waals surface area contributed by atoms with E-state index in [1.807, 2.05) is 17.8 Å². The van der Waals surface area contributed by atoms with Gasteiger partial charge < -0.3 is 15.0 Å². The van der Waals surface area contributed by atoms with Gasteiger partial charge in [-0.1, -0.05) is 12.1 Å². The van der Waals surface area contributed by atoms with Crippen molar-refractivity contribution in [3.8, 4) is 0 Å². The van der Waals surface area contributed by atoms with Crippen molar-refractivity contribution in [2.75, 3.05) is 37.0 Å². The van der Waals surface area contributed by atoms with Crippen molar-refractivity contribution in [2.45, 2.75) is 12.2 Å². The predicted molar refractivity (Wildman–Crippen MR) is 103 cm³/mol. The number of benzene rings is 1. The minimum Gasteiger partial charge on any atom is -0.378 e. The highest BCUT2D eigenvalue weighted by Crippen LogP contribution is 2.38. The molecule has 5 nitrogen and oxygen atoms in total. The van der Waals surface area contributed by atoms with Gasteiger partial charge in [-0.2, -0.15) is 11.8 Å². The number of pyridine rings is 1. The number of thioether (sulfide) groups is 1. The predicted octanol–water partition coefficient (Wildman–Crippen LogP) is 3.11. The summed E-state index contributed by atoms with van der Waals surface area (Å²) in [6.07, 6.45) is 2.51. The highest BCUT2D eigenvalue weighted by atomic mass is 32.2. The van der Waals surface area contributed by atoms with Gasteiger partial charge in [-0.15, -0.1) is 0 Å². The van der Waals surface area contributed by atoms with Crippen LogP contribution in [0.15, 0.2) is 24.3 Å². The lowest BCUT2D eigenvalue weighted by atomic mass is 10.0. The van der Waals surface area contributed by atoms with Crippen molar-refractivity contribution in [1.82, 2.24) is 9.38 Å². The first-order chi connectivity index (χ1) is 12.4. The van der Waals surface area contributed by atoms with Crippen molar-refractivity contribution in [3.05, 3.63) is 41.0 Å². The Kier molecular flexibility index (Phi) is 3.68. The lowest BCUT2D eigenvalue weighted by molar-refractivity contribution is 0.122. The molecule has 1 fully saturated rings. The molecule has 2 aromatic heterocycles. The number of fused-ring (bicyclic) bond motifs is 4. The Bertz CT molecular complexity index is 975. The van der Waals surface area contributed by atoms with E-state index in [1.165, 1.54) is 23.2 Å². The molecule has 0 spiro atoms. The van der Waals surface area contributed by atoms with Gasteiger partial charge >= 0.3 is 0 Å². The van der Waals surface area contributed by atoms with Crippen LogP contribution < -0.4 is 4.90 Å². The van der Waals surface area contributed by atoms with Gasteiger partial charge in [0, 0.05) is 36.2 Å². The Morgan fingerprint density at radius 2 is 2.00 bits per heavy atom. The van der Waals surface area contributed by atoms with Gasteiger partial charge in [0.2, 0.25) is 0 Å². The maximum absolute atomic E-state index is 8.04. The second-order valence-corrected chi connectivity index (χ2v) is 7.61. The first-order valence-corrected chi connectivity index (χ1v) is 9.90. The molecule has 4 heterocycles. The molecule has 1 N–H and O–H groups in total. The molecule has 128 valence electrons. The van der Waals surface area contributed by atoms with Gasteiger partial charge in [-0.05, 0) is 29.9 Å². The third-order valence-corrected chi connectivity index (χ3v) is 6.16. The van der Waals surface area contributed by atoms with E-state index in [0.29, 0.717) is 0 Å². The zero-order chi connectivity index (χ0) is 16.8. The maximum Gasteiger partial charge on any atom is 0.148 e. The molecule has 5 rings (SSSR count). The lowest BCUT2D eigenvalue weighted by Crippen LogP contribution is -2.38. The first-order valence-electron chi connectivity index (χ1n) is 8.74. The van der Waals surface area contributed by atoms with Crippen LogP contribution in [0.3, 0.4) is 0 Å². The van der Waals surface area contributed by atoms with Crippen LogP contribution in [-0.4, -0.2) is 47.7 Å². The molecule has 0 radical (unpaired) electrons. The number of aromatic nitrogens is 2. The number of anilines is 1. The Morgan fingerprint density at radius 1 is 1.16 bits per heavy atom. The zero-order valence-electron chi connectivity index (χ0n) is 14.0. The number of imidazole rings is 1. The summed E-state index contributed by atoms with van der Waals surface area (Å²) in [5, 5.41) is 8.04. The number of ether oxygens (including phenoxy) is 1. The quantitative estimate of drug-likeness (QED) is 0.720. The fourth-order valence-electron chi connectivity index (χ4n) is 4.03. The fourth-order valence-corrected chi connectivity index (χ4v) is 5.03. The molecule has 1 aromatic carbocycles. The smallest absolute Gasteiger partial charge is 0.148 e. The monoisotopic (exact) mass is 352 g/mol. The molecular weight excluding hydrogens is 332 g/mol. The number of nitrogens with zero attached hydrogens (tertiary/aromatic N) is 3. The molecule has 1 saturated heterocycles. The normalized spacial score (nSPS) is 17.8. The molecule has 0 bridgehead atoms. The standard InChI is InChI=1S/C19H20N4OS/c20-11-14-13-5-10-25-12-15(13)19(22-6-8-24-9-7-22)23-17-4-2-1-3-16(17)21-18(14)23/h1-4,11,20H,5-10,12H2. The highest BCUT2D eigenvalue weighted by Gasteiger charge is 2.27. The van der Waals surface area contributed by atoms with Gasteiger partial charge in [-0.25, -0.2) is 4.98 Å². The van der Waals surface area contributed by atoms with Crippen molar-refractivity contribution >= 4 is 40.5 Å². The van der Waals surface area contributed by atoms with Crippen LogP contribution in [0, 0.1) is 5.41 Å². The highest BCUT2D eigenvalue weighted by molar-refractivity contribution is 7.98. The molecule has 0 amide bonds. The molecule has 0 saturated carbocycles. The topological polar surface area (TPSA) is 53.6 Å². The summed E-state index contributed by atoms with van der Waals surface area (Å²) in [5.41, 5.74) is 6.73. The number of hydrogen-bond acceptors (Lipinski definition) is 5. The van der Waals surface area contributed by atoms with Gasteiger partial charge in [0.05, 0.1) is 24.2 Å². The summed E-state index contributed by atoms with van der Waals surface area (Å²) < 4.78 is 7.87. The molecule has 2 aliphatic heterocycles. The van der Waals surface area contributed by atoms with Crippen LogP contribution in [-0.2, 0) is 16.9 Å². The van der Waals surface area contributed by atoms with Crippen molar-refractivity contribution in [1.29, 1.82) is 5.41 Å². The van der Waals surface area contributed by atoms with Crippen LogP contribution in [0.5, 0.6) is 0 Å². The molecule has 3 aromatic rings. The van der Waals surface area contributed by atoms with E-state index in [-0.39, 0.29) is 0 Å². The van der Waals surface area contributed by atoms with Crippen molar-refractivity contribution in [2.24, 2.45) is 0 Å². The third-order valence-electron chi connectivity index (χ3n) is 5.17. The summed E-state index contributed by atoms with van der Waals surface area (Å²) in [5.74, 6) is 3.39. The number of morpholine rings is 1. The third kappa shape index (κ3) is 2.28. The van der Waals surface area contributed by atoms with E-state index in [9.17, 15) is 0 Å². The summed E-state index contributed by atoms with van der Waals surface area (Å²) >= 11 is 1.98. The van der Waals surface area contributed by atoms with Crippen LogP contribution >= 0.6 is 11.8 Å². The first kappa shape index (κ1) is 15.2. The molecule has 6 heteroatoms. The van der Waals surface area contributed by atoms with Crippen LogP contribution in [0.4, 0.5) is 5.82 Å². The maximum atomic E-state index is 8.04. The summed E-state index contributed by atoms with van der Waals surface area (Å²) in [6.45, 7) is 3.34. The van der Waals surface area contributed by atoms with Crippen molar-refractivity contribution < 1.29 is 4.74 Å². The lowest BCUT2D eigenvalue weighted by Gasteiger charge is -2.34.